The van der Waals surface area contributed by atoms with Gasteiger partial charge in [-0.2, -0.15) is 5.10 Å². The number of nitrogen functional groups attached to an aromatic ring is 1. The maximum atomic E-state index is 13.9. The van der Waals surface area contributed by atoms with Crippen LogP contribution in [0.1, 0.15) is 49.7 Å². The zero-order valence-corrected chi connectivity index (χ0v) is 19.0. The lowest BCUT2D eigenvalue weighted by atomic mass is 9.98. The van der Waals surface area contributed by atoms with Crippen LogP contribution in [-0.4, -0.2) is 49.3 Å². The first-order valence-corrected chi connectivity index (χ1v) is 11.5. The number of hydrogen-bond donors (Lipinski definition) is 3. The van der Waals surface area contributed by atoms with Crippen molar-refractivity contribution in [2.45, 2.75) is 44.6 Å². The number of nitrogens with one attached hydrogen (secondary N) is 1. The lowest BCUT2D eigenvalue weighted by Gasteiger charge is -2.35. The molecule has 0 aliphatic carbocycles. The number of hydrogen-bond acceptors (Lipinski definition) is 6. The van der Waals surface area contributed by atoms with Gasteiger partial charge in [0.2, 0.25) is 0 Å². The fraction of sp³-hybridized carbons (Fsp3) is 0.440. The topological polar surface area (TPSA) is 110 Å². The van der Waals surface area contributed by atoms with Gasteiger partial charge in [0, 0.05) is 18.7 Å². The van der Waals surface area contributed by atoms with Crippen LogP contribution in [0.2, 0.25) is 0 Å². The second kappa shape index (κ2) is 12.8. The minimum atomic E-state index is -0.529. The first-order valence-electron chi connectivity index (χ1n) is 11.5. The molecule has 1 heterocycles. The van der Waals surface area contributed by atoms with Crippen LogP contribution >= 0.6 is 0 Å². The molecule has 8 heteroatoms. The van der Waals surface area contributed by atoms with Crippen molar-refractivity contribution in [1.82, 2.24) is 4.90 Å². The predicted octanol–water partition coefficient (Wildman–Crippen LogP) is 3.88. The largest absolute Gasteiger partial charge is 0.494 e. The van der Waals surface area contributed by atoms with Crippen LogP contribution in [-0.2, 0) is 0 Å². The highest BCUT2D eigenvalue weighted by molar-refractivity contribution is 5.95. The van der Waals surface area contributed by atoms with Gasteiger partial charge in [-0.15, -0.1) is 0 Å². The van der Waals surface area contributed by atoms with Crippen molar-refractivity contribution < 1.29 is 13.9 Å². The second-order valence-electron chi connectivity index (χ2n) is 8.28. The molecule has 1 saturated heterocycles. The van der Waals surface area contributed by atoms with Crippen molar-refractivity contribution in [1.29, 1.82) is 5.41 Å². The quantitative estimate of drug-likeness (QED) is 0.148. The second-order valence-corrected chi connectivity index (χ2v) is 8.28. The van der Waals surface area contributed by atoms with E-state index in [-0.39, 0.29) is 11.4 Å². The summed E-state index contributed by atoms with van der Waals surface area (Å²) in [6, 6.07) is 12.7. The Labute approximate surface area is 195 Å². The summed E-state index contributed by atoms with van der Waals surface area (Å²) in [4.78, 5) is 2.55. The van der Waals surface area contributed by atoms with E-state index < -0.39 is 5.82 Å². The minimum Gasteiger partial charge on any atom is -0.494 e. The number of nitrogens with two attached hydrogens (primary N) is 2. The van der Waals surface area contributed by atoms with Crippen LogP contribution in [0.3, 0.4) is 0 Å². The third kappa shape index (κ3) is 7.75. The number of halogens is 1. The van der Waals surface area contributed by atoms with Gasteiger partial charge < -0.3 is 25.9 Å². The van der Waals surface area contributed by atoms with Crippen LogP contribution in [0, 0.1) is 11.2 Å². The van der Waals surface area contributed by atoms with E-state index in [2.05, 4.69) is 10.0 Å². The number of hydrazone groups is 1. The maximum Gasteiger partial charge on any atom is 0.137 e. The number of nitrogens with zero attached hydrogens (tertiary/aromatic N) is 2. The van der Waals surface area contributed by atoms with E-state index in [1.54, 1.807) is 12.3 Å². The standard InChI is InChI=1S/C25H34FN5O2/c26-24-17-22(11-12-23(24)25(27)28)33-16-4-14-31-13-2-1-5-20(31)6-3-15-32-21-9-7-19(8-10-21)18-30-29/h7-12,17-18,20H,1-6,13-16,29H2,(H3,27,28)/b30-18+. The van der Waals surface area contributed by atoms with Gasteiger partial charge in [-0.25, -0.2) is 4.39 Å². The molecule has 1 unspecified atom stereocenters. The van der Waals surface area contributed by atoms with Crippen molar-refractivity contribution >= 4 is 12.1 Å². The molecule has 1 aliphatic heterocycles. The Morgan fingerprint density at radius 3 is 2.55 bits per heavy atom. The Kier molecular flexibility index (Phi) is 9.50. The summed E-state index contributed by atoms with van der Waals surface area (Å²) in [5.74, 6) is 5.68. The average Bonchev–Trinajstić information content (AvgIpc) is 2.81. The Bertz CT molecular complexity index is 920. The molecule has 3 rings (SSSR count). The maximum absolute atomic E-state index is 13.9. The van der Waals surface area contributed by atoms with Crippen LogP contribution in [0.15, 0.2) is 47.6 Å². The lowest BCUT2D eigenvalue weighted by molar-refractivity contribution is 0.124. The van der Waals surface area contributed by atoms with Crippen LogP contribution in [0.25, 0.3) is 0 Å². The Morgan fingerprint density at radius 2 is 1.82 bits per heavy atom. The Balaban J connectivity index is 1.36. The third-order valence-electron chi connectivity index (χ3n) is 5.89. The SMILES string of the molecule is N=C(N)c1ccc(OCCCN2CCCCC2CCCOc2ccc(/C=N/N)cc2)cc1F. The van der Waals surface area contributed by atoms with Gasteiger partial charge in [0.15, 0.2) is 0 Å². The molecule has 178 valence electrons. The molecular formula is C25H34FN5O2. The van der Waals surface area contributed by atoms with Gasteiger partial charge >= 0.3 is 0 Å². The van der Waals surface area contributed by atoms with Gasteiger partial charge in [-0.1, -0.05) is 6.42 Å². The minimum absolute atomic E-state index is 0.0977. The lowest BCUT2D eigenvalue weighted by Crippen LogP contribution is -2.40. The molecule has 2 aromatic carbocycles. The highest BCUT2D eigenvalue weighted by Crippen LogP contribution is 2.22. The smallest absolute Gasteiger partial charge is 0.137 e. The fourth-order valence-corrected chi connectivity index (χ4v) is 4.19. The number of rotatable bonds is 12. The van der Waals surface area contributed by atoms with E-state index >= 15 is 0 Å². The van der Waals surface area contributed by atoms with Gasteiger partial charge in [0.1, 0.15) is 23.2 Å². The van der Waals surface area contributed by atoms with Crippen molar-refractivity contribution in [2.24, 2.45) is 16.7 Å². The number of piperidine rings is 1. The molecule has 7 nitrogen and oxygen atoms in total. The number of ether oxygens (including phenoxy) is 2. The van der Waals surface area contributed by atoms with Crippen LogP contribution in [0.5, 0.6) is 11.5 Å². The zero-order valence-electron chi connectivity index (χ0n) is 19.0. The highest BCUT2D eigenvalue weighted by atomic mass is 19.1. The molecule has 0 saturated carbocycles. The Morgan fingerprint density at radius 1 is 1.09 bits per heavy atom. The molecule has 1 aliphatic rings. The van der Waals surface area contributed by atoms with Crippen LogP contribution in [0.4, 0.5) is 4.39 Å². The van der Waals surface area contributed by atoms with E-state index in [0.717, 1.165) is 43.7 Å². The molecule has 1 atom stereocenters. The first-order chi connectivity index (χ1) is 16.1. The normalized spacial score (nSPS) is 16.7. The van der Waals surface area contributed by atoms with E-state index in [4.69, 9.17) is 26.5 Å². The van der Waals surface area contributed by atoms with Crippen molar-refractivity contribution in [3.05, 3.63) is 59.4 Å². The summed E-state index contributed by atoms with van der Waals surface area (Å²) >= 11 is 0. The summed E-state index contributed by atoms with van der Waals surface area (Å²) in [7, 11) is 0. The summed E-state index contributed by atoms with van der Waals surface area (Å²) in [5.41, 5.74) is 6.40. The molecule has 1 fully saturated rings. The first kappa shape index (κ1) is 24.5. The number of amidine groups is 1. The molecule has 0 bridgehead atoms. The highest BCUT2D eigenvalue weighted by Gasteiger charge is 2.21. The number of benzene rings is 2. The van der Waals surface area contributed by atoms with E-state index in [0.29, 0.717) is 25.0 Å². The Hall–Kier alpha value is -3.13. The summed E-state index contributed by atoms with van der Waals surface area (Å²) < 4.78 is 25.5. The van der Waals surface area contributed by atoms with E-state index in [1.807, 2.05) is 24.3 Å². The van der Waals surface area contributed by atoms with Gasteiger partial charge in [-0.3, -0.25) is 5.41 Å². The fourth-order valence-electron chi connectivity index (χ4n) is 4.19. The molecular weight excluding hydrogens is 421 g/mol. The summed E-state index contributed by atoms with van der Waals surface area (Å²) in [6.07, 6.45) is 8.30. The van der Waals surface area contributed by atoms with E-state index in [1.165, 1.54) is 31.4 Å². The van der Waals surface area contributed by atoms with Gasteiger partial charge in [0.25, 0.3) is 0 Å². The third-order valence-corrected chi connectivity index (χ3v) is 5.89. The van der Waals surface area contributed by atoms with Gasteiger partial charge in [-0.05, 0) is 80.6 Å². The molecule has 5 N–H and O–H groups in total. The van der Waals surface area contributed by atoms with Crippen molar-refractivity contribution in [3.63, 3.8) is 0 Å². The predicted molar refractivity (Wildman–Crippen MR) is 130 cm³/mol. The van der Waals surface area contributed by atoms with Crippen molar-refractivity contribution in [3.8, 4) is 11.5 Å². The molecule has 0 spiro atoms. The monoisotopic (exact) mass is 455 g/mol. The van der Waals surface area contributed by atoms with Crippen LogP contribution < -0.4 is 21.1 Å². The molecule has 33 heavy (non-hydrogen) atoms. The van der Waals surface area contributed by atoms with E-state index in [9.17, 15) is 4.39 Å². The zero-order chi connectivity index (χ0) is 23.5. The molecule has 2 aromatic rings. The number of likely N-dealkylation sites (tertiary alicyclic amines) is 1. The summed E-state index contributed by atoms with van der Waals surface area (Å²) in [5, 5.41) is 10.9. The molecule has 0 aromatic heterocycles. The van der Waals surface area contributed by atoms with Gasteiger partial charge in [0.05, 0.1) is 25.0 Å². The average molecular weight is 456 g/mol. The summed E-state index contributed by atoms with van der Waals surface area (Å²) in [6.45, 7) is 3.29. The molecule has 0 radical (unpaired) electrons. The molecule has 0 amide bonds. The van der Waals surface area contributed by atoms with Crippen molar-refractivity contribution in [2.75, 3.05) is 26.3 Å².